The van der Waals surface area contributed by atoms with Gasteiger partial charge in [-0.15, -0.1) is 11.8 Å². The maximum atomic E-state index is 11.4. The van der Waals surface area contributed by atoms with E-state index in [0.29, 0.717) is 4.90 Å². The Labute approximate surface area is 251 Å². The minimum absolute atomic E-state index is 0. The van der Waals surface area contributed by atoms with Crippen molar-refractivity contribution in [3.05, 3.63) is 77.9 Å². The molecule has 0 aliphatic heterocycles. The second-order valence-corrected chi connectivity index (χ2v) is 6.75. The molecule has 2 aromatic carbocycles. The van der Waals surface area contributed by atoms with E-state index in [1.807, 2.05) is 0 Å². The number of benzene rings is 2. The van der Waals surface area contributed by atoms with E-state index in [2.05, 4.69) is 17.4 Å². The summed E-state index contributed by atoms with van der Waals surface area (Å²) >= 11 is 5.42. The van der Waals surface area contributed by atoms with Gasteiger partial charge in [0.15, 0.2) is 0 Å². The number of ether oxygens (including phenoxy) is 2. The SMILES string of the molecule is CCOC(=O)c1cc(SC)cc([N+](=O)[O-])c1.CCOC(=O)c1cc([N+](=O)[O-])cc([N+](=O)[O-])c1.C[S-].[2H]CF.[Na+]. The molecule has 0 aliphatic rings. The summed E-state index contributed by atoms with van der Waals surface area (Å²) in [5.74, 6) is -1.37. The summed E-state index contributed by atoms with van der Waals surface area (Å²) in [6, 6.07) is 6.87. The van der Waals surface area contributed by atoms with E-state index in [4.69, 9.17) is 6.11 Å². The Morgan fingerprint density at radius 2 is 1.16 bits per heavy atom. The number of nitrogens with zero attached hydrogens (tertiary/aromatic N) is 3. The molecule has 0 aromatic heterocycles. The minimum atomic E-state index is -1.00. The van der Waals surface area contributed by atoms with Gasteiger partial charge in [0.1, 0.15) is 0 Å². The average Bonchev–Trinajstić information content (AvgIpc) is 2.90. The third-order valence-corrected chi connectivity index (χ3v) is 4.39. The molecule has 0 saturated heterocycles. The molecule has 0 heterocycles. The van der Waals surface area contributed by atoms with Gasteiger partial charge in [0.2, 0.25) is 0 Å². The first-order valence-electron chi connectivity index (χ1n) is 10.5. The largest absolute Gasteiger partial charge is 1.00 e. The quantitative estimate of drug-likeness (QED) is 0.110. The molecular formula is C21H25FN3NaO10S2. The summed E-state index contributed by atoms with van der Waals surface area (Å²) in [6.07, 6.45) is 3.37. The van der Waals surface area contributed by atoms with Crippen LogP contribution in [0.1, 0.15) is 35.9 Å². The minimum Gasteiger partial charge on any atom is -0.796 e. The predicted octanol–water partition coefficient (Wildman–Crippen LogP) is 1.93. The number of halogens is 1. The number of rotatable bonds is 8. The standard InChI is InChI=1S/C10H11NO4S.C9H8N2O6.CH3F.CH4S.Na/c1-3-15-10(12)7-4-8(11(13)14)6-9(5-7)16-2;1-2-17-9(12)6-3-7(10(13)14)5-8(4-6)11(15)16;2*1-2;/h4-6H,3H2,1-2H3;3-5H,2H2,1H3;1H3;2H,1H3;/q;;;;+1/p-1/i;;1D;;. The van der Waals surface area contributed by atoms with Crippen LogP contribution >= 0.6 is 11.8 Å². The number of non-ortho nitro benzene ring substituents is 3. The van der Waals surface area contributed by atoms with E-state index in [9.17, 15) is 44.3 Å². The smallest absolute Gasteiger partial charge is 0.796 e. The Hall–Kier alpha value is -2.79. The van der Waals surface area contributed by atoms with Crippen molar-refractivity contribution in [1.82, 2.24) is 0 Å². The molecule has 0 N–H and O–H groups in total. The summed E-state index contributed by atoms with van der Waals surface area (Å²) in [7, 11) is -1.00. The first-order valence-corrected chi connectivity index (χ1v) is 11.9. The molecule has 38 heavy (non-hydrogen) atoms. The zero-order chi connectivity index (χ0) is 29.8. The first-order chi connectivity index (χ1) is 17.9. The Kier molecular flexibility index (Phi) is 21.8. The average molecular weight is 587 g/mol. The monoisotopic (exact) mass is 586 g/mol. The van der Waals surface area contributed by atoms with Crippen LogP contribution in [0.4, 0.5) is 21.5 Å². The third kappa shape index (κ3) is 14.2. The maximum Gasteiger partial charge on any atom is 1.00 e. The molecular weight excluding hydrogens is 560 g/mol. The van der Waals surface area contributed by atoms with Gasteiger partial charge in [-0.05, 0) is 26.2 Å². The van der Waals surface area contributed by atoms with Gasteiger partial charge in [-0.1, -0.05) is 0 Å². The predicted molar refractivity (Wildman–Crippen MR) is 137 cm³/mol. The van der Waals surface area contributed by atoms with Gasteiger partial charge in [-0.2, -0.15) is 6.26 Å². The molecule has 0 radical (unpaired) electrons. The fourth-order valence-corrected chi connectivity index (χ4v) is 2.76. The topological polar surface area (TPSA) is 182 Å². The second kappa shape index (κ2) is 22.2. The van der Waals surface area contributed by atoms with Crippen LogP contribution in [0.15, 0.2) is 41.3 Å². The van der Waals surface area contributed by atoms with Crippen LogP contribution in [0.25, 0.3) is 0 Å². The van der Waals surface area contributed by atoms with E-state index in [-0.39, 0.29) is 59.6 Å². The molecule has 0 saturated carbocycles. The van der Waals surface area contributed by atoms with Gasteiger partial charge in [0.25, 0.3) is 17.1 Å². The van der Waals surface area contributed by atoms with Gasteiger partial charge in [0, 0.05) is 29.2 Å². The van der Waals surface area contributed by atoms with Crippen LogP contribution < -0.4 is 29.6 Å². The zero-order valence-electron chi connectivity index (χ0n) is 22.2. The summed E-state index contributed by atoms with van der Waals surface area (Å²) in [6.45, 7) is 3.57. The molecule has 13 nitrogen and oxygen atoms in total. The summed E-state index contributed by atoms with van der Waals surface area (Å²) in [4.78, 5) is 53.0. The van der Waals surface area contributed by atoms with Crippen LogP contribution in [-0.2, 0) is 22.1 Å². The van der Waals surface area contributed by atoms with Crippen molar-refractivity contribution in [2.45, 2.75) is 18.7 Å². The number of alkyl halides is 1. The van der Waals surface area contributed by atoms with Crippen LogP contribution in [-0.4, -0.2) is 59.6 Å². The van der Waals surface area contributed by atoms with Crippen LogP contribution in [0.5, 0.6) is 0 Å². The molecule has 204 valence electrons. The van der Waals surface area contributed by atoms with Crippen molar-refractivity contribution in [1.29, 1.82) is 0 Å². The summed E-state index contributed by atoms with van der Waals surface area (Å²) < 4.78 is 24.9. The van der Waals surface area contributed by atoms with E-state index in [0.717, 1.165) is 18.2 Å². The van der Waals surface area contributed by atoms with Crippen LogP contribution in [0.3, 0.4) is 0 Å². The number of carbonyl (C=O) groups is 2. The van der Waals surface area contributed by atoms with E-state index in [1.165, 1.54) is 23.9 Å². The molecule has 0 atom stereocenters. The molecule has 0 bridgehead atoms. The fraction of sp³-hybridized carbons (Fsp3) is 0.333. The Morgan fingerprint density at radius 1 is 0.842 bits per heavy atom. The fourth-order valence-electron chi connectivity index (χ4n) is 2.28. The van der Waals surface area contributed by atoms with E-state index in [1.54, 1.807) is 32.4 Å². The maximum absolute atomic E-state index is 11.4. The van der Waals surface area contributed by atoms with Crippen LogP contribution in [0.2, 0.25) is 0 Å². The van der Waals surface area contributed by atoms with E-state index < -0.39 is 45.2 Å². The van der Waals surface area contributed by atoms with Gasteiger partial charge in [-0.25, -0.2) is 9.59 Å². The molecule has 17 heteroatoms. The van der Waals surface area contributed by atoms with Gasteiger partial charge >= 0.3 is 41.5 Å². The molecule has 0 unspecified atom stereocenters. The summed E-state index contributed by atoms with van der Waals surface area (Å²) in [5, 5.41) is 31.7. The van der Waals surface area contributed by atoms with Crippen LogP contribution in [0, 0.1) is 30.3 Å². The Balaban J connectivity index is -0.000000558. The summed E-state index contributed by atoms with van der Waals surface area (Å²) in [5.41, 5.74) is -1.16. The van der Waals surface area contributed by atoms with Crippen molar-refractivity contribution >= 4 is 53.4 Å². The molecule has 0 fully saturated rings. The van der Waals surface area contributed by atoms with Crippen molar-refractivity contribution in [2.75, 3.05) is 32.9 Å². The number of esters is 2. The number of hydrogen-bond donors (Lipinski definition) is 0. The molecule has 0 aliphatic carbocycles. The molecule has 0 amide bonds. The second-order valence-electron chi connectivity index (χ2n) is 5.87. The number of nitro benzene ring substituents is 3. The number of hydrogen-bond acceptors (Lipinski definition) is 12. The van der Waals surface area contributed by atoms with E-state index >= 15 is 0 Å². The molecule has 2 rings (SSSR count). The number of thioether (sulfide) groups is 1. The Bertz CT molecular complexity index is 1080. The Morgan fingerprint density at radius 3 is 1.45 bits per heavy atom. The van der Waals surface area contributed by atoms with Gasteiger partial charge in [-0.3, -0.25) is 34.7 Å². The van der Waals surface area contributed by atoms with Gasteiger partial charge < -0.3 is 22.1 Å². The van der Waals surface area contributed by atoms with Crippen molar-refractivity contribution in [3.63, 3.8) is 0 Å². The number of nitro groups is 3. The molecule has 2 aromatic rings. The number of carbonyl (C=O) groups excluding carboxylic acids is 2. The van der Waals surface area contributed by atoms with Crippen molar-refractivity contribution < 1.29 is 69.2 Å². The van der Waals surface area contributed by atoms with Crippen molar-refractivity contribution in [2.24, 2.45) is 0 Å². The van der Waals surface area contributed by atoms with Crippen molar-refractivity contribution in [3.8, 4) is 0 Å². The van der Waals surface area contributed by atoms with Gasteiger partial charge in [0.05, 0.1) is 53.7 Å². The first kappa shape index (κ1) is 37.4. The zero-order valence-corrected chi connectivity index (χ0v) is 24.8. The third-order valence-electron chi connectivity index (χ3n) is 3.68. The molecule has 0 spiro atoms. The normalized spacial score (nSPS) is 9.16.